The van der Waals surface area contributed by atoms with Crippen molar-refractivity contribution >= 4 is 5.78 Å². The molecule has 0 aromatic heterocycles. The lowest BCUT2D eigenvalue weighted by atomic mass is 9.85. The van der Waals surface area contributed by atoms with Crippen molar-refractivity contribution in [1.29, 1.82) is 0 Å². The monoisotopic (exact) mass is 306 g/mol. The van der Waals surface area contributed by atoms with Crippen molar-refractivity contribution in [2.24, 2.45) is 0 Å². The Morgan fingerprint density at radius 2 is 1.23 bits per heavy atom. The van der Waals surface area contributed by atoms with E-state index in [1.807, 2.05) is 0 Å². The molecular formula is C17H16F2O3. The molecule has 2 aromatic rings. The van der Waals surface area contributed by atoms with E-state index in [4.69, 9.17) is 0 Å². The summed E-state index contributed by atoms with van der Waals surface area (Å²) in [6, 6.07) is 6.92. The van der Waals surface area contributed by atoms with Crippen molar-refractivity contribution in [3.8, 4) is 11.5 Å². The van der Waals surface area contributed by atoms with E-state index in [2.05, 4.69) is 0 Å². The molecule has 0 saturated carbocycles. The number of carbonyl (C=O) groups excluding carboxylic acids is 1. The van der Waals surface area contributed by atoms with Crippen LogP contribution in [0.5, 0.6) is 11.5 Å². The van der Waals surface area contributed by atoms with Gasteiger partial charge in [-0.1, -0.05) is 26.0 Å². The molecule has 116 valence electrons. The number of ketones is 1. The number of aromatic hydroxyl groups is 2. The van der Waals surface area contributed by atoms with Crippen LogP contribution < -0.4 is 0 Å². The molecule has 0 aliphatic rings. The number of carbonyl (C=O) groups is 1. The van der Waals surface area contributed by atoms with Gasteiger partial charge in [-0.2, -0.15) is 0 Å². The molecule has 0 aliphatic carbocycles. The summed E-state index contributed by atoms with van der Waals surface area (Å²) >= 11 is 0. The topological polar surface area (TPSA) is 57.5 Å². The molecule has 5 heteroatoms. The molecule has 0 bridgehead atoms. The molecule has 2 atom stereocenters. The van der Waals surface area contributed by atoms with Crippen molar-refractivity contribution in [3.05, 3.63) is 59.2 Å². The summed E-state index contributed by atoms with van der Waals surface area (Å²) in [6.07, 6.45) is 0. The fraction of sp³-hybridized carbons (Fsp3) is 0.235. The molecule has 3 nitrogen and oxygen atoms in total. The molecule has 0 heterocycles. The first kappa shape index (κ1) is 15.9. The molecule has 2 aromatic carbocycles. The molecule has 0 radical (unpaired) electrons. The SMILES string of the molecule is CC(C(=O)C(C)c1ccc(F)cc1O)c1ccc(F)cc1O. The average Bonchev–Trinajstić information content (AvgIpc) is 2.45. The highest BCUT2D eigenvalue weighted by Crippen LogP contribution is 2.34. The van der Waals surface area contributed by atoms with Gasteiger partial charge in [0.15, 0.2) is 0 Å². The molecule has 0 spiro atoms. The van der Waals surface area contributed by atoms with Gasteiger partial charge >= 0.3 is 0 Å². The van der Waals surface area contributed by atoms with Crippen LogP contribution in [-0.4, -0.2) is 16.0 Å². The van der Waals surface area contributed by atoms with Crippen LogP contribution in [0, 0.1) is 11.6 Å². The number of Topliss-reactive ketones (excluding diaryl/α,β-unsaturated/α-hetero) is 1. The van der Waals surface area contributed by atoms with E-state index >= 15 is 0 Å². The van der Waals surface area contributed by atoms with E-state index in [0.717, 1.165) is 12.1 Å². The highest BCUT2D eigenvalue weighted by atomic mass is 19.1. The number of hydrogen-bond donors (Lipinski definition) is 2. The number of halogens is 2. The van der Waals surface area contributed by atoms with E-state index in [0.29, 0.717) is 11.1 Å². The third-order valence-electron chi connectivity index (χ3n) is 3.77. The predicted molar refractivity (Wildman–Crippen MR) is 78.0 cm³/mol. The van der Waals surface area contributed by atoms with E-state index < -0.39 is 23.5 Å². The summed E-state index contributed by atoms with van der Waals surface area (Å²) in [5.74, 6) is -3.44. The summed E-state index contributed by atoms with van der Waals surface area (Å²) < 4.78 is 26.0. The lowest BCUT2D eigenvalue weighted by molar-refractivity contribution is -0.121. The van der Waals surface area contributed by atoms with Gasteiger partial charge in [-0.05, 0) is 12.1 Å². The Kier molecular flexibility index (Phi) is 4.45. The normalized spacial score (nSPS) is 13.6. The number of phenolic OH excluding ortho intramolecular Hbond substituents is 2. The van der Waals surface area contributed by atoms with Gasteiger partial charge in [-0.3, -0.25) is 4.79 Å². The Bertz CT molecular complexity index is 654. The van der Waals surface area contributed by atoms with Crippen molar-refractivity contribution in [1.82, 2.24) is 0 Å². The van der Waals surface area contributed by atoms with Crippen molar-refractivity contribution in [3.63, 3.8) is 0 Å². The summed E-state index contributed by atoms with van der Waals surface area (Å²) in [6.45, 7) is 3.18. The van der Waals surface area contributed by atoms with Gasteiger partial charge < -0.3 is 10.2 Å². The first-order valence-electron chi connectivity index (χ1n) is 6.81. The van der Waals surface area contributed by atoms with E-state index in [9.17, 15) is 23.8 Å². The zero-order valence-electron chi connectivity index (χ0n) is 12.2. The van der Waals surface area contributed by atoms with Gasteiger partial charge in [0.25, 0.3) is 0 Å². The van der Waals surface area contributed by atoms with Crippen LogP contribution in [0.2, 0.25) is 0 Å². The Labute approximate surface area is 126 Å². The van der Waals surface area contributed by atoms with Crippen molar-refractivity contribution < 1.29 is 23.8 Å². The largest absolute Gasteiger partial charge is 0.508 e. The molecule has 2 rings (SSSR count). The third-order valence-corrected chi connectivity index (χ3v) is 3.77. The van der Waals surface area contributed by atoms with Crippen LogP contribution in [-0.2, 0) is 4.79 Å². The second kappa shape index (κ2) is 6.13. The average molecular weight is 306 g/mol. The van der Waals surface area contributed by atoms with Gasteiger partial charge in [0, 0.05) is 35.1 Å². The highest BCUT2D eigenvalue weighted by molar-refractivity contribution is 5.92. The van der Waals surface area contributed by atoms with E-state index in [1.165, 1.54) is 24.3 Å². The Morgan fingerprint density at radius 3 is 1.55 bits per heavy atom. The first-order valence-corrected chi connectivity index (χ1v) is 6.81. The lowest BCUT2D eigenvalue weighted by Crippen LogP contribution is -2.17. The minimum absolute atomic E-state index is 0.274. The van der Waals surface area contributed by atoms with Gasteiger partial charge in [0.05, 0.1) is 0 Å². The molecule has 0 amide bonds. The van der Waals surface area contributed by atoms with E-state index in [-0.39, 0.29) is 17.3 Å². The van der Waals surface area contributed by atoms with Crippen LogP contribution in [0.15, 0.2) is 36.4 Å². The number of rotatable bonds is 4. The Balaban J connectivity index is 2.29. The number of hydrogen-bond acceptors (Lipinski definition) is 3. The standard InChI is InChI=1S/C17H16F2O3/c1-9(13-5-3-11(18)7-15(13)20)17(22)10(2)14-6-4-12(19)8-16(14)21/h3-10,20-21H,1-2H3. The zero-order valence-corrected chi connectivity index (χ0v) is 12.2. The van der Waals surface area contributed by atoms with Crippen LogP contribution in [0.3, 0.4) is 0 Å². The summed E-state index contributed by atoms with van der Waals surface area (Å²) in [5.41, 5.74) is 0.611. The third kappa shape index (κ3) is 3.08. The van der Waals surface area contributed by atoms with Crippen LogP contribution in [0.25, 0.3) is 0 Å². The van der Waals surface area contributed by atoms with Crippen LogP contribution >= 0.6 is 0 Å². The van der Waals surface area contributed by atoms with Crippen molar-refractivity contribution in [2.45, 2.75) is 25.7 Å². The van der Waals surface area contributed by atoms with Gasteiger partial charge in [0.2, 0.25) is 0 Å². The smallest absolute Gasteiger partial charge is 0.147 e. The fourth-order valence-electron chi connectivity index (χ4n) is 2.45. The van der Waals surface area contributed by atoms with Gasteiger partial charge in [-0.25, -0.2) is 8.78 Å². The second-order valence-electron chi connectivity index (χ2n) is 5.25. The molecule has 0 aliphatic heterocycles. The quantitative estimate of drug-likeness (QED) is 0.902. The fourth-order valence-corrected chi connectivity index (χ4v) is 2.45. The number of benzene rings is 2. The lowest BCUT2D eigenvalue weighted by Gasteiger charge is -2.18. The highest BCUT2D eigenvalue weighted by Gasteiger charge is 2.26. The first-order chi connectivity index (χ1) is 10.3. The molecule has 0 saturated heterocycles. The maximum atomic E-state index is 13.0. The Hall–Kier alpha value is -2.43. The molecule has 2 unspecified atom stereocenters. The number of phenols is 2. The van der Waals surface area contributed by atoms with Crippen molar-refractivity contribution in [2.75, 3.05) is 0 Å². The summed E-state index contributed by atoms with van der Waals surface area (Å²) in [5, 5.41) is 19.5. The van der Waals surface area contributed by atoms with E-state index in [1.54, 1.807) is 13.8 Å². The molecule has 0 fully saturated rings. The maximum Gasteiger partial charge on any atom is 0.147 e. The molecule has 22 heavy (non-hydrogen) atoms. The minimum Gasteiger partial charge on any atom is -0.508 e. The minimum atomic E-state index is -0.694. The maximum absolute atomic E-state index is 13.0. The van der Waals surface area contributed by atoms with Crippen LogP contribution in [0.4, 0.5) is 8.78 Å². The van der Waals surface area contributed by atoms with Gasteiger partial charge in [0.1, 0.15) is 28.9 Å². The second-order valence-corrected chi connectivity index (χ2v) is 5.25. The predicted octanol–water partition coefficient (Wildman–Crippen LogP) is 3.85. The molecular weight excluding hydrogens is 290 g/mol. The summed E-state index contributed by atoms with van der Waals surface area (Å²) in [7, 11) is 0. The summed E-state index contributed by atoms with van der Waals surface area (Å²) in [4.78, 5) is 12.5. The zero-order chi connectivity index (χ0) is 16.4. The Morgan fingerprint density at radius 1 is 0.864 bits per heavy atom. The van der Waals surface area contributed by atoms with Gasteiger partial charge in [-0.15, -0.1) is 0 Å². The molecule has 2 N–H and O–H groups in total. The van der Waals surface area contributed by atoms with Crippen LogP contribution in [0.1, 0.15) is 36.8 Å².